The van der Waals surface area contributed by atoms with Crippen LogP contribution in [0, 0.1) is 5.92 Å². The largest absolute Gasteiger partial charge is 0.376 e. The van der Waals surface area contributed by atoms with Crippen LogP contribution < -0.4 is 5.32 Å². The van der Waals surface area contributed by atoms with Crippen molar-refractivity contribution in [2.45, 2.75) is 64.9 Å². The Morgan fingerprint density at radius 3 is 2.59 bits per heavy atom. The summed E-state index contributed by atoms with van der Waals surface area (Å²) in [7, 11) is 0. The molecule has 2 saturated heterocycles. The van der Waals surface area contributed by atoms with Gasteiger partial charge < -0.3 is 9.64 Å². The fraction of sp³-hybridized carbons (Fsp3) is 0.923. The molecule has 0 bridgehead atoms. The number of nitrogens with one attached hydrogen (secondary N) is 1. The Balaban J connectivity index is 2.07. The SMILES string of the molecule is CC(C)C1NC(C)N(C(C)C2CCCO2)C1=O. The van der Waals surface area contributed by atoms with E-state index in [0.29, 0.717) is 5.92 Å². The number of amides is 1. The zero-order valence-corrected chi connectivity index (χ0v) is 11.3. The molecule has 2 fully saturated rings. The third-order valence-corrected chi connectivity index (χ3v) is 3.97. The van der Waals surface area contributed by atoms with E-state index in [-0.39, 0.29) is 30.3 Å². The summed E-state index contributed by atoms with van der Waals surface area (Å²) < 4.78 is 5.70. The third-order valence-electron chi connectivity index (χ3n) is 3.97. The van der Waals surface area contributed by atoms with Crippen LogP contribution in [-0.4, -0.2) is 41.8 Å². The summed E-state index contributed by atoms with van der Waals surface area (Å²) in [4.78, 5) is 14.3. The second kappa shape index (κ2) is 4.94. The lowest BCUT2D eigenvalue weighted by Gasteiger charge is -2.32. The lowest BCUT2D eigenvalue weighted by Crippen LogP contribution is -2.47. The van der Waals surface area contributed by atoms with E-state index in [1.54, 1.807) is 0 Å². The zero-order valence-electron chi connectivity index (χ0n) is 11.3. The summed E-state index contributed by atoms with van der Waals surface area (Å²) in [6, 6.07) is 0.144. The van der Waals surface area contributed by atoms with Crippen molar-refractivity contribution >= 4 is 5.91 Å². The summed E-state index contributed by atoms with van der Waals surface area (Å²) in [5.74, 6) is 0.571. The Morgan fingerprint density at radius 2 is 2.12 bits per heavy atom. The molecule has 98 valence electrons. The van der Waals surface area contributed by atoms with Crippen LogP contribution in [0.4, 0.5) is 0 Å². The topological polar surface area (TPSA) is 41.6 Å². The highest BCUT2D eigenvalue weighted by molar-refractivity contribution is 5.84. The second-order valence-corrected chi connectivity index (χ2v) is 5.60. The molecule has 2 aliphatic rings. The number of ether oxygens (including phenoxy) is 1. The Morgan fingerprint density at radius 1 is 1.41 bits per heavy atom. The van der Waals surface area contributed by atoms with Crippen LogP contribution in [-0.2, 0) is 9.53 Å². The van der Waals surface area contributed by atoms with Gasteiger partial charge in [-0.2, -0.15) is 0 Å². The lowest BCUT2D eigenvalue weighted by molar-refractivity contribution is -0.135. The average molecular weight is 240 g/mol. The van der Waals surface area contributed by atoms with Gasteiger partial charge in [0.25, 0.3) is 0 Å². The van der Waals surface area contributed by atoms with Crippen LogP contribution in [0.25, 0.3) is 0 Å². The average Bonchev–Trinajstić information content (AvgIpc) is 2.86. The first kappa shape index (κ1) is 12.8. The van der Waals surface area contributed by atoms with E-state index in [1.165, 1.54) is 0 Å². The van der Waals surface area contributed by atoms with E-state index in [0.717, 1.165) is 19.4 Å². The van der Waals surface area contributed by atoms with Gasteiger partial charge in [-0.1, -0.05) is 13.8 Å². The highest BCUT2D eigenvalue weighted by atomic mass is 16.5. The maximum Gasteiger partial charge on any atom is 0.241 e. The first-order valence-corrected chi connectivity index (χ1v) is 6.72. The Labute approximate surface area is 104 Å². The molecule has 1 amide bonds. The van der Waals surface area contributed by atoms with Gasteiger partial charge in [0.15, 0.2) is 0 Å². The van der Waals surface area contributed by atoms with Gasteiger partial charge in [0.05, 0.1) is 24.4 Å². The van der Waals surface area contributed by atoms with Crippen LogP contribution >= 0.6 is 0 Å². The van der Waals surface area contributed by atoms with Crippen molar-refractivity contribution in [3.63, 3.8) is 0 Å². The molecule has 0 saturated carbocycles. The molecule has 0 radical (unpaired) electrons. The summed E-state index contributed by atoms with van der Waals surface area (Å²) >= 11 is 0. The molecular weight excluding hydrogens is 216 g/mol. The third kappa shape index (κ3) is 2.33. The first-order valence-electron chi connectivity index (χ1n) is 6.72. The minimum Gasteiger partial charge on any atom is -0.376 e. The molecule has 2 heterocycles. The van der Waals surface area contributed by atoms with Gasteiger partial charge in [-0.3, -0.25) is 10.1 Å². The van der Waals surface area contributed by atoms with Crippen molar-refractivity contribution < 1.29 is 9.53 Å². The van der Waals surface area contributed by atoms with Crippen molar-refractivity contribution in [2.75, 3.05) is 6.61 Å². The molecule has 0 aromatic rings. The van der Waals surface area contributed by atoms with Crippen LogP contribution in [0.1, 0.15) is 40.5 Å². The maximum absolute atomic E-state index is 12.4. The fourth-order valence-corrected chi connectivity index (χ4v) is 2.96. The smallest absolute Gasteiger partial charge is 0.241 e. The highest BCUT2D eigenvalue weighted by Gasteiger charge is 2.42. The molecule has 2 aliphatic heterocycles. The van der Waals surface area contributed by atoms with Gasteiger partial charge in [0.1, 0.15) is 0 Å². The number of hydrogen-bond acceptors (Lipinski definition) is 3. The predicted octanol–water partition coefficient (Wildman–Crippen LogP) is 1.36. The van der Waals surface area contributed by atoms with E-state index in [4.69, 9.17) is 4.74 Å². The van der Waals surface area contributed by atoms with Gasteiger partial charge in [0, 0.05) is 6.61 Å². The first-order chi connectivity index (χ1) is 8.02. The molecule has 1 N–H and O–H groups in total. The highest BCUT2D eigenvalue weighted by Crippen LogP contribution is 2.25. The summed E-state index contributed by atoms with van der Waals surface area (Å²) in [6.45, 7) is 9.18. The molecule has 0 aliphatic carbocycles. The lowest BCUT2D eigenvalue weighted by atomic mass is 10.0. The minimum atomic E-state index is -0.0335. The van der Waals surface area contributed by atoms with Gasteiger partial charge >= 0.3 is 0 Å². The Bertz CT molecular complexity index is 287. The van der Waals surface area contributed by atoms with Gasteiger partial charge in [-0.05, 0) is 32.6 Å². The van der Waals surface area contributed by atoms with E-state index in [1.807, 2.05) is 4.90 Å². The van der Waals surface area contributed by atoms with Crippen molar-refractivity contribution in [3.05, 3.63) is 0 Å². The van der Waals surface area contributed by atoms with E-state index < -0.39 is 0 Å². The number of hydrogen-bond donors (Lipinski definition) is 1. The molecule has 4 unspecified atom stereocenters. The van der Waals surface area contributed by atoms with Crippen molar-refractivity contribution in [1.29, 1.82) is 0 Å². The van der Waals surface area contributed by atoms with Gasteiger partial charge in [0.2, 0.25) is 5.91 Å². The number of carbonyl (C=O) groups excluding carboxylic acids is 1. The molecule has 2 rings (SSSR count). The number of rotatable bonds is 3. The van der Waals surface area contributed by atoms with Crippen molar-refractivity contribution in [1.82, 2.24) is 10.2 Å². The minimum absolute atomic E-state index is 0.0335. The van der Waals surface area contributed by atoms with Crippen LogP contribution in [0.2, 0.25) is 0 Å². The molecule has 4 nitrogen and oxygen atoms in total. The van der Waals surface area contributed by atoms with Crippen LogP contribution in [0.15, 0.2) is 0 Å². The Kier molecular flexibility index (Phi) is 3.73. The Hall–Kier alpha value is -0.610. The molecule has 4 heteroatoms. The standard InChI is InChI=1S/C13H24N2O2/c1-8(2)12-13(16)15(10(4)14-12)9(3)11-6-5-7-17-11/h8-12,14H,5-7H2,1-4H3. The molecule has 4 atom stereocenters. The summed E-state index contributed by atoms with van der Waals surface area (Å²) in [6.07, 6.45) is 2.53. The van der Waals surface area contributed by atoms with Crippen LogP contribution in [0.3, 0.4) is 0 Å². The molecular formula is C13H24N2O2. The zero-order chi connectivity index (χ0) is 12.6. The van der Waals surface area contributed by atoms with Crippen molar-refractivity contribution in [2.24, 2.45) is 5.92 Å². The maximum atomic E-state index is 12.4. The van der Waals surface area contributed by atoms with Crippen LogP contribution in [0.5, 0.6) is 0 Å². The monoisotopic (exact) mass is 240 g/mol. The quantitative estimate of drug-likeness (QED) is 0.810. The molecule has 0 spiro atoms. The normalized spacial score (nSPS) is 35.9. The van der Waals surface area contributed by atoms with Gasteiger partial charge in [-0.25, -0.2) is 0 Å². The van der Waals surface area contributed by atoms with Crippen molar-refractivity contribution in [3.8, 4) is 0 Å². The van der Waals surface area contributed by atoms with E-state index in [2.05, 4.69) is 33.0 Å². The molecule has 0 aromatic carbocycles. The van der Waals surface area contributed by atoms with E-state index in [9.17, 15) is 4.79 Å². The van der Waals surface area contributed by atoms with Gasteiger partial charge in [-0.15, -0.1) is 0 Å². The van der Waals surface area contributed by atoms with E-state index >= 15 is 0 Å². The molecule has 17 heavy (non-hydrogen) atoms. The summed E-state index contributed by atoms with van der Waals surface area (Å²) in [5, 5.41) is 3.38. The second-order valence-electron chi connectivity index (χ2n) is 5.60. The molecule has 0 aromatic heterocycles. The number of nitrogens with zero attached hydrogens (tertiary/aromatic N) is 1. The predicted molar refractivity (Wildman–Crippen MR) is 66.5 cm³/mol. The summed E-state index contributed by atoms with van der Waals surface area (Å²) in [5.41, 5.74) is 0. The fourth-order valence-electron chi connectivity index (χ4n) is 2.96. The number of carbonyl (C=O) groups is 1.